The van der Waals surface area contributed by atoms with E-state index in [4.69, 9.17) is 4.98 Å². The third-order valence-electron chi connectivity index (χ3n) is 7.81. The van der Waals surface area contributed by atoms with Gasteiger partial charge >= 0.3 is 0 Å². The zero-order valence-electron chi connectivity index (χ0n) is 18.9. The lowest BCUT2D eigenvalue weighted by Gasteiger charge is -2.56. The second kappa shape index (κ2) is 8.01. The van der Waals surface area contributed by atoms with Crippen LogP contribution in [0.25, 0.3) is 16.6 Å². The Balaban J connectivity index is 1.27. The molecule has 0 unspecified atom stereocenters. The van der Waals surface area contributed by atoms with Crippen molar-refractivity contribution in [3.63, 3.8) is 0 Å². The Morgan fingerprint density at radius 3 is 2.33 bits per heavy atom. The molecular weight excluding hydrogens is 430 g/mol. The molecule has 1 aromatic heterocycles. The molecule has 0 aliphatic heterocycles. The lowest BCUT2D eigenvalue weighted by Crippen LogP contribution is -2.60. The van der Waals surface area contributed by atoms with Gasteiger partial charge in [-0.2, -0.15) is 0 Å². The largest absolute Gasteiger partial charge is 0.350 e. The summed E-state index contributed by atoms with van der Waals surface area (Å²) in [6.45, 7) is 2.02. The molecule has 0 radical (unpaired) electrons. The Labute approximate surface area is 198 Å². The van der Waals surface area contributed by atoms with Gasteiger partial charge in [0.05, 0.1) is 22.3 Å². The molecule has 1 amide bonds. The highest BCUT2D eigenvalue weighted by Gasteiger charge is 2.51. The fraction of sp³-hybridized carbons (Fsp3) is 0.444. The van der Waals surface area contributed by atoms with Crippen molar-refractivity contribution in [3.8, 4) is 5.69 Å². The predicted octanol–water partition coefficient (Wildman–Crippen LogP) is 4.87. The summed E-state index contributed by atoms with van der Waals surface area (Å²) in [5, 5.41) is 4.58. The number of amides is 1. The lowest BCUT2D eigenvalue weighted by atomic mass is 9.53. The van der Waals surface area contributed by atoms with Crippen LogP contribution >= 0.6 is 11.8 Å². The fourth-order valence-electron chi connectivity index (χ4n) is 6.86. The topological polar surface area (TPSA) is 64.0 Å². The zero-order chi connectivity index (χ0) is 22.6. The molecule has 0 atom stereocenters. The first kappa shape index (κ1) is 21.0. The van der Waals surface area contributed by atoms with Crippen LogP contribution in [0.2, 0.25) is 0 Å². The van der Waals surface area contributed by atoms with Gasteiger partial charge in [-0.15, -0.1) is 0 Å². The van der Waals surface area contributed by atoms with Gasteiger partial charge in [0.2, 0.25) is 5.91 Å². The number of aromatic nitrogens is 2. The maximum Gasteiger partial charge on any atom is 0.266 e. The van der Waals surface area contributed by atoms with Crippen molar-refractivity contribution < 1.29 is 4.79 Å². The van der Waals surface area contributed by atoms with Gasteiger partial charge in [0.15, 0.2) is 5.16 Å². The quantitative estimate of drug-likeness (QED) is 0.437. The summed E-state index contributed by atoms with van der Waals surface area (Å²) < 4.78 is 1.64. The van der Waals surface area contributed by atoms with Crippen molar-refractivity contribution in [2.45, 2.75) is 56.1 Å². The standard InChI is InChI=1S/C27H29N3O2S/c1-17-6-8-21(9-7-17)30-25(32)22-4-2-3-5-23(22)28-26(30)33-16-24(31)29-27-13-18-10-19(14-27)12-20(11-18)15-27/h2-9,18-20H,10-16H2,1H3,(H,29,31). The molecule has 33 heavy (non-hydrogen) atoms. The van der Waals surface area contributed by atoms with Crippen molar-refractivity contribution in [2.75, 3.05) is 5.75 Å². The van der Waals surface area contributed by atoms with Crippen LogP contribution in [-0.2, 0) is 4.79 Å². The maximum absolute atomic E-state index is 13.4. The normalized spacial score (nSPS) is 27.7. The first-order chi connectivity index (χ1) is 16.0. The molecule has 1 N–H and O–H groups in total. The van der Waals surface area contributed by atoms with E-state index in [9.17, 15) is 9.59 Å². The second-order valence-electron chi connectivity index (χ2n) is 10.4. The highest BCUT2D eigenvalue weighted by atomic mass is 32.2. The molecule has 4 aliphatic carbocycles. The van der Waals surface area contributed by atoms with Gasteiger partial charge in [-0.3, -0.25) is 14.2 Å². The molecule has 0 spiro atoms. The smallest absolute Gasteiger partial charge is 0.266 e. The number of rotatable bonds is 5. The summed E-state index contributed by atoms with van der Waals surface area (Å²) in [5.41, 5.74) is 2.46. The number of hydrogen-bond donors (Lipinski definition) is 1. The van der Waals surface area contributed by atoms with Crippen LogP contribution in [0.4, 0.5) is 0 Å². The number of aryl methyl sites for hydroxylation is 1. The van der Waals surface area contributed by atoms with Gasteiger partial charge in [0, 0.05) is 5.54 Å². The number of thioether (sulfide) groups is 1. The summed E-state index contributed by atoms with van der Waals surface area (Å²) in [6, 6.07) is 15.3. The fourth-order valence-corrected chi connectivity index (χ4v) is 7.67. The van der Waals surface area contributed by atoms with Crippen LogP contribution in [0.5, 0.6) is 0 Å². The molecule has 5 nitrogen and oxygen atoms in total. The van der Waals surface area contributed by atoms with E-state index in [0.717, 1.165) is 48.3 Å². The monoisotopic (exact) mass is 459 g/mol. The number of para-hydroxylation sites is 1. The van der Waals surface area contributed by atoms with Crippen molar-refractivity contribution in [3.05, 3.63) is 64.4 Å². The van der Waals surface area contributed by atoms with E-state index in [2.05, 4.69) is 5.32 Å². The molecule has 170 valence electrons. The maximum atomic E-state index is 13.4. The van der Waals surface area contributed by atoms with E-state index in [1.165, 1.54) is 31.0 Å². The van der Waals surface area contributed by atoms with Gasteiger partial charge in [0.25, 0.3) is 5.56 Å². The van der Waals surface area contributed by atoms with Crippen LogP contribution < -0.4 is 10.9 Å². The summed E-state index contributed by atoms with van der Waals surface area (Å²) in [5.74, 6) is 2.69. The predicted molar refractivity (Wildman–Crippen MR) is 132 cm³/mol. The molecule has 1 heterocycles. The Hall–Kier alpha value is -2.60. The molecule has 2 aromatic carbocycles. The second-order valence-corrected chi connectivity index (χ2v) is 11.4. The van der Waals surface area contributed by atoms with Crippen LogP contribution in [0.3, 0.4) is 0 Å². The molecule has 3 aromatic rings. The molecule has 4 saturated carbocycles. The molecule has 4 bridgehead atoms. The van der Waals surface area contributed by atoms with E-state index in [1.807, 2.05) is 55.5 Å². The number of hydrogen-bond acceptors (Lipinski definition) is 4. The highest BCUT2D eigenvalue weighted by Crippen LogP contribution is 2.55. The minimum Gasteiger partial charge on any atom is -0.350 e. The number of fused-ring (bicyclic) bond motifs is 1. The summed E-state index contributed by atoms with van der Waals surface area (Å²) >= 11 is 1.35. The SMILES string of the molecule is Cc1ccc(-n2c(SCC(=O)NC34CC5CC(CC(C5)C3)C4)nc3ccccc3c2=O)cc1. The van der Waals surface area contributed by atoms with Gasteiger partial charge in [0.1, 0.15) is 0 Å². The lowest BCUT2D eigenvalue weighted by molar-refractivity contribution is -0.124. The molecular formula is C27H29N3O2S. The number of benzene rings is 2. The van der Waals surface area contributed by atoms with Gasteiger partial charge in [-0.05, 0) is 87.5 Å². The van der Waals surface area contributed by atoms with E-state index >= 15 is 0 Å². The number of nitrogens with zero attached hydrogens (tertiary/aromatic N) is 2. The molecule has 4 fully saturated rings. The van der Waals surface area contributed by atoms with E-state index in [1.54, 1.807) is 4.57 Å². The first-order valence-corrected chi connectivity index (χ1v) is 13.0. The van der Waals surface area contributed by atoms with E-state index < -0.39 is 0 Å². The number of nitrogens with one attached hydrogen (secondary N) is 1. The summed E-state index contributed by atoms with van der Waals surface area (Å²) in [4.78, 5) is 31.3. The number of carbonyl (C=O) groups is 1. The molecule has 0 saturated heterocycles. The van der Waals surface area contributed by atoms with Crippen molar-refractivity contribution >= 4 is 28.6 Å². The molecule has 6 heteroatoms. The third-order valence-corrected chi connectivity index (χ3v) is 8.75. The zero-order valence-corrected chi connectivity index (χ0v) is 19.7. The minimum atomic E-state index is -0.103. The molecule has 7 rings (SSSR count). The number of carbonyl (C=O) groups excluding carboxylic acids is 1. The minimum absolute atomic E-state index is 0.000168. The molecule has 4 aliphatic rings. The highest BCUT2D eigenvalue weighted by molar-refractivity contribution is 7.99. The van der Waals surface area contributed by atoms with Crippen LogP contribution in [0.1, 0.15) is 44.1 Å². The van der Waals surface area contributed by atoms with Gasteiger partial charge in [-0.25, -0.2) is 4.98 Å². The van der Waals surface area contributed by atoms with Crippen molar-refractivity contribution in [2.24, 2.45) is 17.8 Å². The Kier molecular flexibility index (Phi) is 5.09. The van der Waals surface area contributed by atoms with Gasteiger partial charge in [-0.1, -0.05) is 41.6 Å². The first-order valence-electron chi connectivity index (χ1n) is 12.0. The Bertz CT molecular complexity index is 1250. The van der Waals surface area contributed by atoms with Crippen LogP contribution in [0.15, 0.2) is 58.5 Å². The average Bonchev–Trinajstić information content (AvgIpc) is 2.77. The third kappa shape index (κ3) is 3.88. The Morgan fingerprint density at radius 1 is 1.03 bits per heavy atom. The van der Waals surface area contributed by atoms with E-state index in [0.29, 0.717) is 16.1 Å². The van der Waals surface area contributed by atoms with Crippen molar-refractivity contribution in [1.29, 1.82) is 0 Å². The van der Waals surface area contributed by atoms with Crippen LogP contribution in [-0.4, -0.2) is 26.8 Å². The van der Waals surface area contributed by atoms with Crippen molar-refractivity contribution in [1.82, 2.24) is 14.9 Å². The van der Waals surface area contributed by atoms with Gasteiger partial charge < -0.3 is 5.32 Å². The Morgan fingerprint density at radius 2 is 1.67 bits per heavy atom. The van der Waals surface area contributed by atoms with Crippen LogP contribution in [0, 0.1) is 24.7 Å². The van der Waals surface area contributed by atoms with E-state index in [-0.39, 0.29) is 22.8 Å². The summed E-state index contributed by atoms with van der Waals surface area (Å²) in [6.07, 6.45) is 7.47. The summed E-state index contributed by atoms with van der Waals surface area (Å²) in [7, 11) is 0. The average molecular weight is 460 g/mol.